The number of ether oxygens (including phenoxy) is 1. The van der Waals surface area contributed by atoms with E-state index >= 15 is 0 Å². The van der Waals surface area contributed by atoms with Crippen molar-refractivity contribution in [2.45, 2.75) is 51.0 Å². The first-order valence-corrected chi connectivity index (χ1v) is 15.7. The maximum absolute atomic E-state index is 10.9. The van der Waals surface area contributed by atoms with Gasteiger partial charge in [-0.15, -0.1) is 0 Å². The fourth-order valence-electron chi connectivity index (χ4n) is 3.57. The van der Waals surface area contributed by atoms with Gasteiger partial charge in [0.25, 0.3) is 0 Å². The molecule has 0 aromatic heterocycles. The van der Waals surface area contributed by atoms with Gasteiger partial charge in [0.15, 0.2) is 0 Å². The summed E-state index contributed by atoms with van der Waals surface area (Å²) in [5.41, 5.74) is 2.39. The van der Waals surface area contributed by atoms with Gasteiger partial charge in [0, 0.05) is 28.8 Å². The van der Waals surface area contributed by atoms with Crippen molar-refractivity contribution >= 4 is 23.2 Å². The molecule has 3 nitrogen and oxygen atoms in total. The van der Waals surface area contributed by atoms with Crippen LogP contribution in [-0.4, -0.2) is 24.5 Å². The third-order valence-corrected chi connectivity index (χ3v) is 5.27. The van der Waals surface area contributed by atoms with Crippen LogP contribution < -0.4 is 4.74 Å². The fraction of sp³-hybridized carbons (Fsp3) is 0.409. The first-order valence-electron chi connectivity index (χ1n) is 9.40. The summed E-state index contributed by atoms with van der Waals surface area (Å²) in [5.74, 6) is 1.03. The molecule has 0 bridgehead atoms. The van der Waals surface area contributed by atoms with Gasteiger partial charge < -0.3 is 9.84 Å². The van der Waals surface area contributed by atoms with Crippen LogP contribution in [0.2, 0.25) is 0 Å². The van der Waals surface area contributed by atoms with Crippen LogP contribution in [0.15, 0.2) is 47.5 Å². The molecule has 0 unspecified atom stereocenters. The van der Waals surface area contributed by atoms with Crippen LogP contribution in [0.1, 0.15) is 56.2 Å². The van der Waals surface area contributed by atoms with Gasteiger partial charge in [-0.1, -0.05) is 57.0 Å². The summed E-state index contributed by atoms with van der Waals surface area (Å²) < 4.78 is 5.48. The molecule has 0 aliphatic heterocycles. The third kappa shape index (κ3) is 6.08. The quantitative estimate of drug-likeness (QED) is 0.480. The van der Waals surface area contributed by atoms with Crippen LogP contribution in [0.5, 0.6) is 11.5 Å². The molecule has 2 aromatic carbocycles. The van der Waals surface area contributed by atoms with Gasteiger partial charge in [-0.25, -0.2) is 0 Å². The van der Waals surface area contributed by atoms with Crippen LogP contribution >= 0.6 is 17.0 Å². The number of methoxy groups -OCH3 is 1. The summed E-state index contributed by atoms with van der Waals surface area (Å²) in [5, 5.41) is 10.9. The van der Waals surface area contributed by atoms with E-state index in [0.717, 1.165) is 35.3 Å². The Morgan fingerprint density at radius 3 is 2.32 bits per heavy atom. The second-order valence-electron chi connectivity index (χ2n) is 7.39. The van der Waals surface area contributed by atoms with Gasteiger partial charge in [0.1, 0.15) is 11.5 Å². The van der Waals surface area contributed by atoms with Crippen molar-refractivity contribution in [2.24, 2.45) is 4.99 Å². The van der Waals surface area contributed by atoms with Crippen molar-refractivity contribution in [1.29, 1.82) is 0 Å². The van der Waals surface area contributed by atoms with E-state index in [2.05, 4.69) is 31.0 Å². The molecule has 1 fully saturated rings. The Hall–Kier alpha value is -0.827. The first-order chi connectivity index (χ1) is 13.4. The van der Waals surface area contributed by atoms with E-state index in [9.17, 15) is 5.11 Å². The molecule has 1 N–H and O–H groups in total. The molecule has 1 aliphatic carbocycles. The van der Waals surface area contributed by atoms with E-state index in [1.54, 1.807) is 7.11 Å². The number of halogens is 2. The number of rotatable bonds is 5. The number of phenolic OH excluding ortho intramolecular Hbond substituents is 1. The standard InChI is InChI=1S/C22H27NO2.2ClH.Zr/c1-22(2,17-9-5-4-6-10-17)20-14-19(25-3)13-16(21(20)24)15-23-18-11-7-8-12-18;;;/h4-6,9-10,13-15,18,24H,7-8,11-12H2,1-3H3;2*1H;/q;;;+2/p-2. The Bertz CT molecular complexity index is 776. The molecule has 2 aromatic rings. The van der Waals surface area contributed by atoms with Gasteiger partial charge in [-0.3, -0.25) is 4.99 Å². The van der Waals surface area contributed by atoms with Crippen molar-refractivity contribution in [3.05, 3.63) is 59.2 Å². The van der Waals surface area contributed by atoms with Gasteiger partial charge in [-0.05, 0) is 30.5 Å². The summed E-state index contributed by atoms with van der Waals surface area (Å²) in [7, 11) is 11.5. The Balaban J connectivity index is 0.000000878. The van der Waals surface area contributed by atoms with Crippen LogP contribution in [0.4, 0.5) is 0 Å². The van der Waals surface area contributed by atoms with E-state index in [4.69, 9.17) is 21.8 Å². The Labute approximate surface area is 186 Å². The zero-order chi connectivity index (χ0) is 20.6. The summed E-state index contributed by atoms with van der Waals surface area (Å²) in [6.45, 7) is 4.24. The van der Waals surface area contributed by atoms with E-state index in [1.165, 1.54) is 12.8 Å². The molecule has 0 atom stereocenters. The molecule has 1 aliphatic rings. The molecule has 28 heavy (non-hydrogen) atoms. The summed E-state index contributed by atoms with van der Waals surface area (Å²) >= 11 is -0.826. The number of benzene rings is 2. The number of nitrogens with zero attached hydrogens (tertiary/aromatic N) is 1. The van der Waals surface area contributed by atoms with E-state index in [0.29, 0.717) is 6.04 Å². The number of aliphatic imine (C=N–C) groups is 1. The van der Waals surface area contributed by atoms with Gasteiger partial charge >= 0.3 is 37.9 Å². The van der Waals surface area contributed by atoms with Crippen molar-refractivity contribution in [1.82, 2.24) is 0 Å². The van der Waals surface area contributed by atoms with Crippen LogP contribution in [-0.2, 0) is 26.3 Å². The number of phenols is 1. The monoisotopic (exact) mass is 497 g/mol. The van der Waals surface area contributed by atoms with E-state index in [-0.39, 0.29) is 11.2 Å². The SMILES string of the molecule is COc1cc(C=NC2CCCC2)c(O)c(C(C)(C)c2ccccc2)c1.[Cl][Zr][Cl]. The Kier molecular flexibility index (Phi) is 9.53. The zero-order valence-corrected chi connectivity index (χ0v) is 20.6. The molecular formula is C22H27Cl2NO2Zr. The third-order valence-electron chi connectivity index (χ3n) is 5.27. The van der Waals surface area contributed by atoms with Crippen molar-refractivity contribution in [3.63, 3.8) is 0 Å². The molecule has 150 valence electrons. The zero-order valence-electron chi connectivity index (χ0n) is 16.6. The van der Waals surface area contributed by atoms with Gasteiger partial charge in [0.2, 0.25) is 0 Å². The molecule has 0 spiro atoms. The molecule has 1 saturated carbocycles. The summed E-state index contributed by atoms with van der Waals surface area (Å²) in [6, 6.07) is 14.4. The molecular weight excluding hydrogens is 472 g/mol. The Morgan fingerprint density at radius 2 is 1.75 bits per heavy atom. The predicted molar refractivity (Wildman–Crippen MR) is 115 cm³/mol. The summed E-state index contributed by atoms with van der Waals surface area (Å²) in [6.07, 6.45) is 6.60. The van der Waals surface area contributed by atoms with E-state index < -0.39 is 20.8 Å². The molecule has 6 heteroatoms. The first kappa shape index (κ1) is 23.5. The van der Waals surface area contributed by atoms with Crippen molar-refractivity contribution < 1.29 is 30.7 Å². The minimum absolute atomic E-state index is 0.288. The molecule has 0 saturated heterocycles. The number of aromatic hydroxyl groups is 1. The topological polar surface area (TPSA) is 41.8 Å². The Morgan fingerprint density at radius 1 is 1.14 bits per heavy atom. The minimum atomic E-state index is -0.826. The second kappa shape index (κ2) is 11.4. The van der Waals surface area contributed by atoms with Crippen molar-refractivity contribution in [3.8, 4) is 11.5 Å². The van der Waals surface area contributed by atoms with Crippen LogP contribution in [0.3, 0.4) is 0 Å². The van der Waals surface area contributed by atoms with Crippen LogP contribution in [0, 0.1) is 0 Å². The number of hydrogen-bond acceptors (Lipinski definition) is 3. The predicted octanol–water partition coefficient (Wildman–Crippen LogP) is 6.46. The molecule has 0 heterocycles. The summed E-state index contributed by atoms with van der Waals surface area (Å²) in [4.78, 5) is 4.69. The van der Waals surface area contributed by atoms with E-state index in [1.807, 2.05) is 36.5 Å². The molecule has 0 radical (unpaired) electrons. The average Bonchev–Trinajstić information content (AvgIpc) is 3.22. The fourth-order valence-corrected chi connectivity index (χ4v) is 3.57. The average molecular weight is 500 g/mol. The normalized spacial score (nSPS) is 14.6. The maximum atomic E-state index is 10.9. The van der Waals surface area contributed by atoms with Crippen molar-refractivity contribution in [2.75, 3.05) is 7.11 Å². The molecule has 3 rings (SSSR count). The number of hydrogen-bond donors (Lipinski definition) is 1. The molecule has 0 amide bonds. The van der Waals surface area contributed by atoms with Gasteiger partial charge in [-0.2, -0.15) is 0 Å². The van der Waals surface area contributed by atoms with Gasteiger partial charge in [0.05, 0.1) is 7.11 Å². The second-order valence-corrected chi connectivity index (χ2v) is 11.1. The van der Waals surface area contributed by atoms with Crippen LogP contribution in [0.25, 0.3) is 0 Å².